The lowest BCUT2D eigenvalue weighted by molar-refractivity contribution is 0.310. The SMILES string of the molecule is Cc1cc(S(=O)(=O)NCCOc2cc(N3CCCCC3)ncn2)ccc1F. The molecule has 0 unspecified atom stereocenters. The molecule has 0 spiro atoms. The van der Waals surface area contributed by atoms with Gasteiger partial charge in [-0.2, -0.15) is 0 Å². The Bertz CT molecular complexity index is 886. The number of ether oxygens (including phenoxy) is 1. The monoisotopic (exact) mass is 394 g/mol. The van der Waals surface area contributed by atoms with E-state index in [0.717, 1.165) is 37.8 Å². The second-order valence-corrected chi connectivity index (χ2v) is 8.19. The van der Waals surface area contributed by atoms with E-state index in [-0.39, 0.29) is 23.6 Å². The molecule has 3 rings (SSSR count). The number of piperidine rings is 1. The van der Waals surface area contributed by atoms with Crippen molar-refractivity contribution in [2.45, 2.75) is 31.1 Å². The van der Waals surface area contributed by atoms with Crippen LogP contribution in [0.25, 0.3) is 0 Å². The number of hydrogen-bond donors (Lipinski definition) is 1. The van der Waals surface area contributed by atoms with Crippen molar-refractivity contribution in [1.29, 1.82) is 0 Å². The third-order valence-electron chi connectivity index (χ3n) is 4.39. The molecule has 7 nitrogen and oxygen atoms in total. The van der Waals surface area contributed by atoms with Crippen molar-refractivity contribution < 1.29 is 17.5 Å². The Balaban J connectivity index is 1.53. The summed E-state index contributed by atoms with van der Waals surface area (Å²) in [7, 11) is -3.72. The number of aryl methyl sites for hydroxylation is 1. The van der Waals surface area contributed by atoms with E-state index in [1.807, 2.05) is 0 Å². The zero-order chi connectivity index (χ0) is 19.3. The molecule has 146 valence electrons. The van der Waals surface area contributed by atoms with E-state index in [9.17, 15) is 12.8 Å². The highest BCUT2D eigenvalue weighted by molar-refractivity contribution is 7.89. The fraction of sp³-hybridized carbons (Fsp3) is 0.444. The molecule has 27 heavy (non-hydrogen) atoms. The normalized spacial score (nSPS) is 15.0. The number of hydrogen-bond acceptors (Lipinski definition) is 6. The molecule has 1 fully saturated rings. The topological polar surface area (TPSA) is 84.4 Å². The lowest BCUT2D eigenvalue weighted by Crippen LogP contribution is -2.30. The molecule has 1 aromatic carbocycles. The molecule has 0 saturated carbocycles. The van der Waals surface area contributed by atoms with E-state index in [1.165, 1.54) is 31.8 Å². The molecule has 2 heterocycles. The van der Waals surface area contributed by atoms with Gasteiger partial charge in [0.25, 0.3) is 0 Å². The van der Waals surface area contributed by atoms with Gasteiger partial charge in [0.1, 0.15) is 24.6 Å². The molecule has 0 radical (unpaired) electrons. The third kappa shape index (κ3) is 5.14. The van der Waals surface area contributed by atoms with E-state index in [4.69, 9.17) is 4.74 Å². The van der Waals surface area contributed by atoms with Gasteiger partial charge in [0, 0.05) is 25.7 Å². The highest BCUT2D eigenvalue weighted by atomic mass is 32.2. The van der Waals surface area contributed by atoms with Crippen molar-refractivity contribution in [2.75, 3.05) is 31.1 Å². The van der Waals surface area contributed by atoms with Gasteiger partial charge < -0.3 is 9.64 Å². The van der Waals surface area contributed by atoms with E-state index in [2.05, 4.69) is 19.6 Å². The molecular formula is C18H23FN4O3S. The number of halogens is 1. The van der Waals surface area contributed by atoms with Crippen LogP contribution in [0.3, 0.4) is 0 Å². The standard InChI is InChI=1S/C18H23FN4O3S/c1-14-11-15(5-6-16(14)19)27(24,25)22-7-10-26-18-12-17(20-13-21-18)23-8-3-2-4-9-23/h5-6,11-13,22H,2-4,7-10H2,1H3. The van der Waals surface area contributed by atoms with Crippen molar-refractivity contribution in [3.8, 4) is 5.88 Å². The minimum Gasteiger partial charge on any atom is -0.476 e. The molecule has 0 amide bonds. The highest BCUT2D eigenvalue weighted by Crippen LogP contribution is 2.20. The predicted octanol–water partition coefficient (Wildman–Crippen LogP) is 2.27. The average Bonchev–Trinajstić information content (AvgIpc) is 2.68. The fourth-order valence-electron chi connectivity index (χ4n) is 2.90. The Labute approximate surface area is 158 Å². The first-order valence-corrected chi connectivity index (χ1v) is 10.4. The maximum Gasteiger partial charge on any atom is 0.240 e. The lowest BCUT2D eigenvalue weighted by atomic mass is 10.1. The van der Waals surface area contributed by atoms with Crippen LogP contribution >= 0.6 is 0 Å². The molecule has 9 heteroatoms. The van der Waals surface area contributed by atoms with Crippen LogP contribution in [0.2, 0.25) is 0 Å². The van der Waals surface area contributed by atoms with Gasteiger partial charge in [-0.1, -0.05) is 0 Å². The summed E-state index contributed by atoms with van der Waals surface area (Å²) in [6.45, 7) is 3.64. The van der Waals surface area contributed by atoms with Gasteiger partial charge in [-0.3, -0.25) is 0 Å². The smallest absolute Gasteiger partial charge is 0.240 e. The summed E-state index contributed by atoms with van der Waals surface area (Å²) in [5.74, 6) is 0.787. The van der Waals surface area contributed by atoms with Crippen LogP contribution in [0.5, 0.6) is 5.88 Å². The Kier molecular flexibility index (Phi) is 6.22. The zero-order valence-corrected chi connectivity index (χ0v) is 16.0. The van der Waals surface area contributed by atoms with Crippen LogP contribution in [-0.2, 0) is 10.0 Å². The van der Waals surface area contributed by atoms with Crippen LogP contribution in [0.15, 0.2) is 35.5 Å². The van der Waals surface area contributed by atoms with Crippen LogP contribution in [0.1, 0.15) is 24.8 Å². The first kappa shape index (κ1) is 19.5. The van der Waals surface area contributed by atoms with Gasteiger partial charge in [0.2, 0.25) is 15.9 Å². The second-order valence-electron chi connectivity index (χ2n) is 6.42. The van der Waals surface area contributed by atoms with Gasteiger partial charge >= 0.3 is 0 Å². The number of nitrogens with one attached hydrogen (secondary N) is 1. The highest BCUT2D eigenvalue weighted by Gasteiger charge is 2.15. The minimum absolute atomic E-state index is 0.0239. The van der Waals surface area contributed by atoms with Gasteiger partial charge in [-0.15, -0.1) is 0 Å². The number of anilines is 1. The molecular weight excluding hydrogens is 371 g/mol. The van der Waals surface area contributed by atoms with E-state index in [0.29, 0.717) is 5.88 Å². The van der Waals surface area contributed by atoms with Gasteiger partial charge in [-0.05, 0) is 49.9 Å². The van der Waals surface area contributed by atoms with E-state index in [1.54, 1.807) is 6.07 Å². The minimum atomic E-state index is -3.72. The van der Waals surface area contributed by atoms with E-state index >= 15 is 0 Å². The fourth-order valence-corrected chi connectivity index (χ4v) is 4.00. The molecule has 2 aromatic rings. The van der Waals surface area contributed by atoms with Crippen LogP contribution in [0, 0.1) is 12.7 Å². The van der Waals surface area contributed by atoms with Gasteiger partial charge in [0.15, 0.2) is 0 Å². The lowest BCUT2D eigenvalue weighted by Gasteiger charge is -2.27. The first-order valence-electron chi connectivity index (χ1n) is 8.91. The second kappa shape index (κ2) is 8.62. The summed E-state index contributed by atoms with van der Waals surface area (Å²) in [5.41, 5.74) is 0.278. The average molecular weight is 394 g/mol. The summed E-state index contributed by atoms with van der Waals surface area (Å²) >= 11 is 0. The van der Waals surface area contributed by atoms with Crippen molar-refractivity contribution in [3.05, 3.63) is 42.0 Å². The molecule has 1 aromatic heterocycles. The van der Waals surface area contributed by atoms with Crippen molar-refractivity contribution in [1.82, 2.24) is 14.7 Å². The van der Waals surface area contributed by atoms with Crippen LogP contribution in [-0.4, -0.2) is 44.6 Å². The number of nitrogens with zero attached hydrogens (tertiary/aromatic N) is 3. The largest absolute Gasteiger partial charge is 0.476 e. The quantitative estimate of drug-likeness (QED) is 0.726. The number of sulfonamides is 1. The third-order valence-corrected chi connectivity index (χ3v) is 5.85. The Hall–Kier alpha value is -2.26. The van der Waals surface area contributed by atoms with Gasteiger partial charge in [0.05, 0.1) is 4.90 Å². The number of aromatic nitrogens is 2. The Morgan fingerprint density at radius 3 is 2.70 bits per heavy atom. The molecule has 0 atom stereocenters. The van der Waals surface area contributed by atoms with Crippen molar-refractivity contribution in [2.24, 2.45) is 0 Å². The van der Waals surface area contributed by atoms with Crippen molar-refractivity contribution >= 4 is 15.8 Å². The Morgan fingerprint density at radius 2 is 1.96 bits per heavy atom. The maximum atomic E-state index is 13.3. The zero-order valence-electron chi connectivity index (χ0n) is 15.2. The predicted molar refractivity (Wildman–Crippen MR) is 99.9 cm³/mol. The molecule has 1 saturated heterocycles. The summed E-state index contributed by atoms with van der Waals surface area (Å²) in [6, 6.07) is 5.45. The van der Waals surface area contributed by atoms with Crippen LogP contribution < -0.4 is 14.4 Å². The van der Waals surface area contributed by atoms with Crippen molar-refractivity contribution in [3.63, 3.8) is 0 Å². The summed E-state index contributed by atoms with van der Waals surface area (Å²) in [6.07, 6.45) is 4.97. The molecule has 0 bridgehead atoms. The summed E-state index contributed by atoms with van der Waals surface area (Å²) in [4.78, 5) is 10.6. The van der Waals surface area contributed by atoms with Crippen LogP contribution in [0.4, 0.5) is 10.2 Å². The summed E-state index contributed by atoms with van der Waals surface area (Å²) < 4.78 is 45.8. The Morgan fingerprint density at radius 1 is 1.19 bits per heavy atom. The summed E-state index contributed by atoms with van der Waals surface area (Å²) in [5, 5.41) is 0. The van der Waals surface area contributed by atoms with Gasteiger partial charge in [-0.25, -0.2) is 27.5 Å². The number of rotatable bonds is 7. The van der Waals surface area contributed by atoms with E-state index < -0.39 is 15.8 Å². The first-order chi connectivity index (χ1) is 13.0. The molecule has 0 aliphatic carbocycles. The molecule has 1 N–H and O–H groups in total. The number of benzene rings is 1. The maximum absolute atomic E-state index is 13.3. The molecule has 1 aliphatic heterocycles. The molecule has 1 aliphatic rings.